The van der Waals surface area contributed by atoms with E-state index in [2.05, 4.69) is 24.1 Å². The number of methoxy groups -OCH3 is 2. The van der Waals surface area contributed by atoms with E-state index in [-0.39, 0.29) is 54.1 Å². The molecule has 2 heterocycles. The first-order chi connectivity index (χ1) is 21.5. The number of hydrogen-bond donors (Lipinski definition) is 1. The Morgan fingerprint density at radius 1 is 1.09 bits per heavy atom. The SMILES string of the molecule is CCC(C)C(C(CC(=O)N1CCCC1C(OC)C(C)C(=O)NC(Cc1ccccc1)c1nccs1)OC)N(C)C(=O)CC(C)C. The molecule has 1 fully saturated rings. The third kappa shape index (κ3) is 9.83. The topological polar surface area (TPSA) is 101 Å². The normalized spacial score (nSPS) is 19.0. The van der Waals surface area contributed by atoms with Crippen molar-refractivity contribution in [2.45, 2.75) is 103 Å². The lowest BCUT2D eigenvalue weighted by molar-refractivity contribution is -0.146. The largest absolute Gasteiger partial charge is 0.379 e. The number of carbonyl (C=O) groups excluding carboxylic acids is 3. The number of hydrogen-bond acceptors (Lipinski definition) is 7. The number of amides is 3. The first-order valence-electron chi connectivity index (χ1n) is 16.4. The zero-order valence-corrected chi connectivity index (χ0v) is 29.2. The van der Waals surface area contributed by atoms with E-state index in [0.717, 1.165) is 29.8 Å². The molecule has 1 aliphatic heterocycles. The number of benzene rings is 1. The third-order valence-corrected chi connectivity index (χ3v) is 10.1. The molecule has 1 aliphatic rings. The first-order valence-corrected chi connectivity index (χ1v) is 17.2. The Morgan fingerprint density at radius 3 is 2.38 bits per heavy atom. The van der Waals surface area contributed by atoms with Crippen LogP contribution in [0.15, 0.2) is 41.9 Å². The van der Waals surface area contributed by atoms with Crippen LogP contribution in [0.5, 0.6) is 0 Å². The van der Waals surface area contributed by atoms with Crippen molar-refractivity contribution in [3.05, 3.63) is 52.5 Å². The Labute approximate surface area is 274 Å². The number of carbonyl (C=O) groups is 3. The van der Waals surface area contributed by atoms with Crippen molar-refractivity contribution in [3.8, 4) is 0 Å². The highest BCUT2D eigenvalue weighted by Crippen LogP contribution is 2.30. The van der Waals surface area contributed by atoms with Crippen molar-refractivity contribution in [3.63, 3.8) is 0 Å². The monoisotopic (exact) mass is 642 g/mol. The minimum atomic E-state index is -0.502. The fourth-order valence-electron chi connectivity index (χ4n) is 6.58. The van der Waals surface area contributed by atoms with Gasteiger partial charge in [-0.05, 0) is 36.7 Å². The van der Waals surface area contributed by atoms with Gasteiger partial charge >= 0.3 is 0 Å². The van der Waals surface area contributed by atoms with Crippen molar-refractivity contribution in [2.24, 2.45) is 17.8 Å². The van der Waals surface area contributed by atoms with Crippen LogP contribution in [0.3, 0.4) is 0 Å². The van der Waals surface area contributed by atoms with E-state index < -0.39 is 18.1 Å². The molecule has 1 aromatic heterocycles. The zero-order valence-electron chi connectivity index (χ0n) is 28.4. The summed E-state index contributed by atoms with van der Waals surface area (Å²) in [5.41, 5.74) is 1.11. The zero-order chi connectivity index (χ0) is 33.1. The summed E-state index contributed by atoms with van der Waals surface area (Å²) in [5.74, 6) is -0.221. The number of aromatic nitrogens is 1. The maximum atomic E-state index is 13.9. The summed E-state index contributed by atoms with van der Waals surface area (Å²) in [6.45, 7) is 10.7. The summed E-state index contributed by atoms with van der Waals surface area (Å²) in [7, 11) is 5.06. The molecule has 0 aliphatic carbocycles. The van der Waals surface area contributed by atoms with Crippen LogP contribution in [-0.2, 0) is 30.3 Å². The molecule has 1 aromatic carbocycles. The summed E-state index contributed by atoms with van der Waals surface area (Å²) in [5, 5.41) is 6.00. The minimum absolute atomic E-state index is 0.0400. The Kier molecular flexibility index (Phi) is 14.5. The molecule has 7 unspecified atom stereocenters. The number of nitrogens with zero attached hydrogens (tertiary/aromatic N) is 3. The average Bonchev–Trinajstić information content (AvgIpc) is 3.74. The molecule has 3 rings (SSSR count). The van der Waals surface area contributed by atoms with Gasteiger partial charge in [0, 0.05) is 45.8 Å². The molecule has 2 aromatic rings. The lowest BCUT2D eigenvalue weighted by Crippen LogP contribution is -2.53. The molecular formula is C35H54N4O5S. The summed E-state index contributed by atoms with van der Waals surface area (Å²) in [4.78, 5) is 48.9. The highest BCUT2D eigenvalue weighted by molar-refractivity contribution is 7.09. The highest BCUT2D eigenvalue weighted by atomic mass is 32.1. The molecule has 45 heavy (non-hydrogen) atoms. The van der Waals surface area contributed by atoms with Gasteiger partial charge in [0.1, 0.15) is 5.01 Å². The molecule has 0 bridgehead atoms. The number of rotatable bonds is 17. The summed E-state index contributed by atoms with van der Waals surface area (Å²) >= 11 is 1.52. The van der Waals surface area contributed by atoms with Crippen molar-refractivity contribution in [1.82, 2.24) is 20.1 Å². The second-order valence-corrected chi connectivity index (χ2v) is 13.8. The molecular weight excluding hydrogens is 588 g/mol. The number of thiazole rings is 1. The van der Waals surface area contributed by atoms with Gasteiger partial charge in [-0.2, -0.15) is 0 Å². The first kappa shape index (κ1) is 36.6. The van der Waals surface area contributed by atoms with E-state index in [1.54, 1.807) is 25.3 Å². The van der Waals surface area contributed by atoms with E-state index in [1.165, 1.54) is 11.3 Å². The highest BCUT2D eigenvalue weighted by Gasteiger charge is 2.42. The van der Waals surface area contributed by atoms with Crippen LogP contribution in [0, 0.1) is 17.8 Å². The smallest absolute Gasteiger partial charge is 0.226 e. The second kappa shape index (κ2) is 17.8. The molecule has 250 valence electrons. The van der Waals surface area contributed by atoms with E-state index in [0.29, 0.717) is 19.4 Å². The fourth-order valence-corrected chi connectivity index (χ4v) is 7.27. The Hall–Kier alpha value is -2.82. The van der Waals surface area contributed by atoms with Crippen molar-refractivity contribution in [1.29, 1.82) is 0 Å². The van der Waals surface area contributed by atoms with Gasteiger partial charge in [-0.1, -0.05) is 71.4 Å². The van der Waals surface area contributed by atoms with E-state index in [9.17, 15) is 14.4 Å². The van der Waals surface area contributed by atoms with Crippen LogP contribution in [0.4, 0.5) is 0 Å². The number of nitrogens with one attached hydrogen (secondary N) is 1. The average molecular weight is 643 g/mol. The molecule has 1 saturated heterocycles. The molecule has 10 heteroatoms. The van der Waals surface area contributed by atoms with Crippen LogP contribution in [0.25, 0.3) is 0 Å². The van der Waals surface area contributed by atoms with Gasteiger partial charge in [0.15, 0.2) is 0 Å². The van der Waals surface area contributed by atoms with Crippen LogP contribution < -0.4 is 5.32 Å². The maximum Gasteiger partial charge on any atom is 0.226 e. The van der Waals surface area contributed by atoms with Gasteiger partial charge < -0.3 is 24.6 Å². The van der Waals surface area contributed by atoms with Crippen molar-refractivity contribution < 1.29 is 23.9 Å². The van der Waals surface area contributed by atoms with Gasteiger partial charge in [-0.15, -0.1) is 11.3 Å². The van der Waals surface area contributed by atoms with Gasteiger partial charge in [-0.25, -0.2) is 4.98 Å². The van der Waals surface area contributed by atoms with Gasteiger partial charge in [0.2, 0.25) is 17.7 Å². The predicted molar refractivity (Wildman–Crippen MR) is 179 cm³/mol. The molecule has 0 spiro atoms. The van der Waals surface area contributed by atoms with Crippen LogP contribution in [0.2, 0.25) is 0 Å². The summed E-state index contributed by atoms with van der Waals surface area (Å²) in [6, 6.07) is 9.32. The quantitative estimate of drug-likeness (QED) is 0.244. The summed E-state index contributed by atoms with van der Waals surface area (Å²) < 4.78 is 11.9. The van der Waals surface area contributed by atoms with Gasteiger partial charge in [0.05, 0.1) is 42.7 Å². The van der Waals surface area contributed by atoms with Crippen molar-refractivity contribution >= 4 is 29.1 Å². The molecule has 0 radical (unpaired) electrons. The predicted octanol–water partition coefficient (Wildman–Crippen LogP) is 5.51. The lowest BCUT2D eigenvalue weighted by Gasteiger charge is -2.39. The molecule has 7 atom stereocenters. The molecule has 3 amide bonds. The second-order valence-electron chi connectivity index (χ2n) is 12.9. The lowest BCUT2D eigenvalue weighted by atomic mass is 9.90. The standard InChI is InChI=1S/C35H54N4O5S/c1-9-24(4)32(38(6)30(40)20-23(2)3)29(43-7)22-31(41)39-18-13-16-28(39)33(44-8)25(5)34(42)37-27(35-36-17-19-45-35)21-26-14-11-10-12-15-26/h10-12,14-15,17,19,23-25,27-29,32-33H,9,13,16,18,20-22H2,1-8H3,(H,37,42). The number of likely N-dealkylation sites (N-methyl/N-ethyl adjacent to an activating group) is 1. The maximum absolute atomic E-state index is 13.9. The third-order valence-electron chi connectivity index (χ3n) is 9.24. The molecule has 0 saturated carbocycles. The van der Waals surface area contributed by atoms with E-state index in [4.69, 9.17) is 9.47 Å². The Bertz CT molecular complexity index is 1190. The number of ether oxygens (including phenoxy) is 2. The van der Waals surface area contributed by atoms with E-state index >= 15 is 0 Å². The summed E-state index contributed by atoms with van der Waals surface area (Å²) in [6.07, 6.45) is 4.50. The van der Waals surface area contributed by atoms with E-state index in [1.807, 2.05) is 68.4 Å². The van der Waals surface area contributed by atoms with Gasteiger partial charge in [-0.3, -0.25) is 14.4 Å². The molecule has 1 N–H and O–H groups in total. The molecule has 9 nitrogen and oxygen atoms in total. The Morgan fingerprint density at radius 2 is 1.80 bits per heavy atom. The Balaban J connectivity index is 1.74. The van der Waals surface area contributed by atoms with Crippen LogP contribution in [-0.4, -0.2) is 84.6 Å². The minimum Gasteiger partial charge on any atom is -0.379 e. The van der Waals surface area contributed by atoms with Crippen LogP contribution >= 0.6 is 11.3 Å². The van der Waals surface area contributed by atoms with Crippen LogP contribution in [0.1, 0.15) is 83.3 Å². The van der Waals surface area contributed by atoms with Gasteiger partial charge in [0.25, 0.3) is 0 Å². The number of likely N-dealkylation sites (tertiary alicyclic amines) is 1. The fraction of sp³-hybridized carbons (Fsp3) is 0.657. The van der Waals surface area contributed by atoms with Crippen molar-refractivity contribution in [2.75, 3.05) is 27.8 Å².